The molecule has 0 bridgehead atoms. The molecule has 86 valence electrons. The second-order valence-electron chi connectivity index (χ2n) is 3.34. The molecule has 0 aromatic carbocycles. The van der Waals surface area contributed by atoms with E-state index < -0.39 is 10.8 Å². The number of carbonyl (C=O) groups excluding carboxylic acids is 2. The average molecular weight is 232 g/mol. The molecule has 0 saturated carbocycles. The van der Waals surface area contributed by atoms with Crippen molar-refractivity contribution < 1.29 is 13.8 Å². The van der Waals surface area contributed by atoms with Crippen molar-refractivity contribution in [2.75, 3.05) is 31.1 Å². The number of carbonyl (C=O) groups is 2. The van der Waals surface area contributed by atoms with Gasteiger partial charge in [0.2, 0.25) is 11.8 Å². The smallest absolute Gasteiger partial charge is 0.242 e. The number of nitrogens with one attached hydrogen (secondary N) is 1. The monoisotopic (exact) mass is 232 g/mol. The van der Waals surface area contributed by atoms with E-state index in [0.29, 0.717) is 31.0 Å². The van der Waals surface area contributed by atoms with Crippen LogP contribution in [0.3, 0.4) is 0 Å². The van der Waals surface area contributed by atoms with Gasteiger partial charge in [0.15, 0.2) is 0 Å². The van der Waals surface area contributed by atoms with Crippen molar-refractivity contribution in [1.82, 2.24) is 10.2 Å². The first-order valence-corrected chi connectivity index (χ1v) is 6.51. The first-order chi connectivity index (χ1) is 7.13. The van der Waals surface area contributed by atoms with Gasteiger partial charge < -0.3 is 10.2 Å². The summed E-state index contributed by atoms with van der Waals surface area (Å²) in [5.74, 6) is 0.923. The van der Waals surface area contributed by atoms with Crippen molar-refractivity contribution >= 4 is 22.6 Å². The maximum Gasteiger partial charge on any atom is 0.242 e. The van der Waals surface area contributed by atoms with Crippen molar-refractivity contribution in [3.8, 4) is 0 Å². The van der Waals surface area contributed by atoms with Gasteiger partial charge in [0.25, 0.3) is 0 Å². The lowest BCUT2D eigenvalue weighted by atomic mass is 10.4. The predicted molar refractivity (Wildman–Crippen MR) is 57.8 cm³/mol. The first-order valence-electron chi connectivity index (χ1n) is 5.03. The molecule has 1 aliphatic heterocycles. The maximum absolute atomic E-state index is 11.5. The lowest BCUT2D eigenvalue weighted by Gasteiger charge is -2.18. The third-order valence-electron chi connectivity index (χ3n) is 2.31. The van der Waals surface area contributed by atoms with E-state index in [1.807, 2.05) is 6.92 Å². The number of hydrogen-bond acceptors (Lipinski definition) is 3. The van der Waals surface area contributed by atoms with E-state index in [4.69, 9.17) is 0 Å². The molecule has 1 unspecified atom stereocenters. The normalized spacial score (nSPS) is 19.7. The molecule has 1 rings (SSSR count). The Bertz CT molecular complexity index is 281. The predicted octanol–water partition coefficient (Wildman–Crippen LogP) is -0.896. The number of amides is 2. The van der Waals surface area contributed by atoms with E-state index >= 15 is 0 Å². The number of rotatable bonds is 4. The minimum absolute atomic E-state index is 0.0671. The van der Waals surface area contributed by atoms with Gasteiger partial charge in [-0.3, -0.25) is 13.8 Å². The van der Waals surface area contributed by atoms with Crippen molar-refractivity contribution in [1.29, 1.82) is 0 Å². The number of nitrogens with zero attached hydrogens (tertiary/aromatic N) is 1. The highest BCUT2D eigenvalue weighted by Crippen LogP contribution is 1.98. The molecule has 0 aromatic heterocycles. The fourth-order valence-corrected chi connectivity index (χ4v) is 2.04. The van der Waals surface area contributed by atoms with E-state index in [1.165, 1.54) is 0 Å². The lowest BCUT2D eigenvalue weighted by Crippen LogP contribution is -2.37. The van der Waals surface area contributed by atoms with Crippen LogP contribution < -0.4 is 5.32 Å². The van der Waals surface area contributed by atoms with Crippen LogP contribution in [0.25, 0.3) is 0 Å². The van der Waals surface area contributed by atoms with Crippen molar-refractivity contribution in [2.24, 2.45) is 0 Å². The Hall–Kier alpha value is -0.910. The summed E-state index contributed by atoms with van der Waals surface area (Å²) in [6.07, 6.45) is 0.338. The summed E-state index contributed by atoms with van der Waals surface area (Å²) < 4.78 is 11.2. The van der Waals surface area contributed by atoms with Crippen LogP contribution in [0.4, 0.5) is 0 Å². The largest absolute Gasteiger partial charge is 0.347 e. The molecule has 1 aliphatic rings. The Morgan fingerprint density at radius 2 is 2.20 bits per heavy atom. The summed E-state index contributed by atoms with van der Waals surface area (Å²) >= 11 is 0. The zero-order chi connectivity index (χ0) is 11.3. The molecule has 1 saturated heterocycles. The van der Waals surface area contributed by atoms with Gasteiger partial charge in [-0.05, 0) is 0 Å². The summed E-state index contributed by atoms with van der Waals surface area (Å²) in [6, 6.07) is 0. The SMILES string of the molecule is CCS(=O)CCN1CCC(=O)NCC1=O. The Morgan fingerprint density at radius 3 is 2.87 bits per heavy atom. The quantitative estimate of drug-likeness (QED) is 0.683. The molecule has 15 heavy (non-hydrogen) atoms. The van der Waals surface area contributed by atoms with Crippen LogP contribution in [-0.2, 0) is 20.4 Å². The summed E-state index contributed by atoms with van der Waals surface area (Å²) in [6.45, 7) is 2.84. The van der Waals surface area contributed by atoms with E-state index in [1.54, 1.807) is 4.90 Å². The third kappa shape index (κ3) is 3.99. The van der Waals surface area contributed by atoms with Gasteiger partial charge in [-0.15, -0.1) is 0 Å². The Kier molecular flexibility index (Phi) is 4.74. The van der Waals surface area contributed by atoms with Gasteiger partial charge in [-0.1, -0.05) is 6.92 Å². The topological polar surface area (TPSA) is 66.5 Å². The van der Waals surface area contributed by atoms with Crippen molar-refractivity contribution in [3.63, 3.8) is 0 Å². The van der Waals surface area contributed by atoms with Crippen molar-refractivity contribution in [3.05, 3.63) is 0 Å². The van der Waals surface area contributed by atoms with Gasteiger partial charge in [0, 0.05) is 41.8 Å². The molecular weight excluding hydrogens is 216 g/mol. The van der Waals surface area contributed by atoms with Gasteiger partial charge in [-0.25, -0.2) is 0 Å². The molecule has 0 spiro atoms. The van der Waals surface area contributed by atoms with Crippen LogP contribution >= 0.6 is 0 Å². The minimum atomic E-state index is -0.857. The molecule has 1 N–H and O–H groups in total. The van der Waals surface area contributed by atoms with Gasteiger partial charge >= 0.3 is 0 Å². The van der Waals surface area contributed by atoms with Crippen LogP contribution in [0.1, 0.15) is 13.3 Å². The van der Waals surface area contributed by atoms with Crippen LogP contribution in [0, 0.1) is 0 Å². The Balaban J connectivity index is 2.42. The fourth-order valence-electron chi connectivity index (χ4n) is 1.33. The van der Waals surface area contributed by atoms with E-state index in [0.717, 1.165) is 0 Å². The van der Waals surface area contributed by atoms with Gasteiger partial charge in [0.1, 0.15) is 0 Å². The summed E-state index contributed by atoms with van der Waals surface area (Å²) in [5, 5.41) is 2.52. The molecule has 1 atom stereocenters. The zero-order valence-electron chi connectivity index (χ0n) is 8.82. The molecule has 2 amide bonds. The zero-order valence-corrected chi connectivity index (χ0v) is 9.64. The second-order valence-corrected chi connectivity index (χ2v) is 5.21. The Morgan fingerprint density at radius 1 is 1.47 bits per heavy atom. The number of hydrogen-bond donors (Lipinski definition) is 1. The highest BCUT2D eigenvalue weighted by atomic mass is 32.2. The summed E-state index contributed by atoms with van der Waals surface area (Å²) in [7, 11) is -0.857. The lowest BCUT2D eigenvalue weighted by molar-refractivity contribution is -0.129. The second kappa shape index (κ2) is 5.85. The van der Waals surface area contributed by atoms with Crippen molar-refractivity contribution in [2.45, 2.75) is 13.3 Å². The molecule has 1 fully saturated rings. The van der Waals surface area contributed by atoms with Gasteiger partial charge in [0.05, 0.1) is 6.54 Å². The van der Waals surface area contributed by atoms with Crippen LogP contribution in [-0.4, -0.2) is 52.1 Å². The molecule has 1 heterocycles. The van der Waals surface area contributed by atoms with Crippen LogP contribution in [0.5, 0.6) is 0 Å². The van der Waals surface area contributed by atoms with E-state index in [2.05, 4.69) is 5.32 Å². The molecule has 0 aromatic rings. The molecule has 5 nitrogen and oxygen atoms in total. The van der Waals surface area contributed by atoms with E-state index in [-0.39, 0.29) is 18.4 Å². The first kappa shape index (κ1) is 12.2. The van der Waals surface area contributed by atoms with Gasteiger partial charge in [-0.2, -0.15) is 0 Å². The molecular formula is C9H16N2O3S. The summed E-state index contributed by atoms with van der Waals surface area (Å²) in [4.78, 5) is 24.1. The average Bonchev–Trinajstić information content (AvgIpc) is 2.39. The molecule has 0 radical (unpaired) electrons. The molecule has 0 aliphatic carbocycles. The highest BCUT2D eigenvalue weighted by Gasteiger charge is 2.19. The maximum atomic E-state index is 11.5. The Labute approximate surface area is 91.7 Å². The molecule has 6 heteroatoms. The highest BCUT2D eigenvalue weighted by molar-refractivity contribution is 7.84. The minimum Gasteiger partial charge on any atom is -0.347 e. The third-order valence-corrected chi connectivity index (χ3v) is 3.59. The van der Waals surface area contributed by atoms with Crippen LogP contribution in [0.15, 0.2) is 0 Å². The standard InChI is InChI=1S/C9H16N2O3S/c1-2-15(14)6-5-11-4-3-8(12)10-7-9(11)13/h2-7H2,1H3,(H,10,12). The van der Waals surface area contributed by atoms with E-state index in [9.17, 15) is 13.8 Å². The van der Waals surface area contributed by atoms with Crippen LogP contribution in [0.2, 0.25) is 0 Å². The fraction of sp³-hybridized carbons (Fsp3) is 0.778. The summed E-state index contributed by atoms with van der Waals surface area (Å²) in [5.41, 5.74) is 0.